The zero-order chi connectivity index (χ0) is 11.8. The largest absolute Gasteiger partial charge is 0.394 e. The summed E-state index contributed by atoms with van der Waals surface area (Å²) in [6, 6.07) is 5.06. The Labute approximate surface area is 95.2 Å². The molecule has 3 nitrogen and oxygen atoms in total. The fourth-order valence-electron chi connectivity index (χ4n) is 1.37. The lowest BCUT2D eigenvalue weighted by molar-refractivity contribution is 0.0937. The maximum absolute atomic E-state index is 13.3. The average Bonchev–Trinajstić information content (AvgIpc) is 2.28. The monoisotopic (exact) mass is 227 g/mol. The first-order valence-corrected chi connectivity index (χ1v) is 5.38. The Morgan fingerprint density at radius 2 is 2.19 bits per heavy atom. The van der Waals surface area contributed by atoms with Crippen LogP contribution in [-0.4, -0.2) is 31.5 Å². The molecule has 0 saturated carbocycles. The van der Waals surface area contributed by atoms with Crippen molar-refractivity contribution < 1.29 is 14.2 Å². The zero-order valence-electron chi connectivity index (χ0n) is 9.50. The highest BCUT2D eigenvalue weighted by Gasteiger charge is 2.01. The normalized spacial score (nSPS) is 10.7. The summed E-state index contributed by atoms with van der Waals surface area (Å²) in [5, 5.41) is 11.6. The molecular weight excluding hydrogens is 209 g/mol. The number of ether oxygens (including phenoxy) is 1. The van der Waals surface area contributed by atoms with Crippen LogP contribution in [0.15, 0.2) is 18.2 Å². The fourth-order valence-corrected chi connectivity index (χ4v) is 1.37. The lowest BCUT2D eigenvalue weighted by Crippen LogP contribution is -2.20. The molecule has 4 heteroatoms. The third-order valence-electron chi connectivity index (χ3n) is 2.18. The molecule has 0 fully saturated rings. The van der Waals surface area contributed by atoms with Gasteiger partial charge in [-0.05, 0) is 13.0 Å². The van der Waals surface area contributed by atoms with Crippen molar-refractivity contribution in [1.29, 1.82) is 0 Å². The van der Waals surface area contributed by atoms with Gasteiger partial charge in [-0.1, -0.05) is 17.7 Å². The Morgan fingerprint density at radius 3 is 2.94 bits per heavy atom. The van der Waals surface area contributed by atoms with Gasteiger partial charge >= 0.3 is 0 Å². The molecule has 16 heavy (non-hydrogen) atoms. The summed E-state index contributed by atoms with van der Waals surface area (Å²) in [6.45, 7) is 3.98. The summed E-state index contributed by atoms with van der Waals surface area (Å²) in [5.74, 6) is -0.186. The molecule has 0 aliphatic rings. The third kappa shape index (κ3) is 4.70. The van der Waals surface area contributed by atoms with Crippen LogP contribution >= 0.6 is 0 Å². The number of hydrogen-bond donors (Lipinski definition) is 2. The molecule has 0 bridgehead atoms. The molecule has 1 rings (SSSR count). The van der Waals surface area contributed by atoms with Gasteiger partial charge in [0, 0.05) is 18.7 Å². The predicted octanol–water partition coefficient (Wildman–Crippen LogP) is 1.23. The highest BCUT2D eigenvalue weighted by atomic mass is 19.1. The van der Waals surface area contributed by atoms with E-state index in [0.717, 1.165) is 5.56 Å². The van der Waals surface area contributed by atoms with Gasteiger partial charge in [-0.25, -0.2) is 4.39 Å². The Bertz CT molecular complexity index is 318. The average molecular weight is 227 g/mol. The van der Waals surface area contributed by atoms with Gasteiger partial charge in [0.2, 0.25) is 0 Å². The molecule has 2 N–H and O–H groups in total. The van der Waals surface area contributed by atoms with Crippen molar-refractivity contribution in [2.75, 3.05) is 26.4 Å². The van der Waals surface area contributed by atoms with Crippen LogP contribution in [0.2, 0.25) is 0 Å². The molecule has 0 amide bonds. The van der Waals surface area contributed by atoms with E-state index in [-0.39, 0.29) is 12.4 Å². The SMILES string of the molecule is Cc1ccc(F)c(CNCCOCCO)c1. The summed E-state index contributed by atoms with van der Waals surface area (Å²) in [4.78, 5) is 0. The van der Waals surface area contributed by atoms with Crippen LogP contribution in [0.5, 0.6) is 0 Å². The molecule has 1 aromatic rings. The molecule has 0 spiro atoms. The van der Waals surface area contributed by atoms with Gasteiger partial charge in [0.05, 0.1) is 19.8 Å². The molecule has 0 aliphatic heterocycles. The first-order chi connectivity index (χ1) is 7.74. The smallest absolute Gasteiger partial charge is 0.127 e. The van der Waals surface area contributed by atoms with E-state index in [1.807, 2.05) is 13.0 Å². The van der Waals surface area contributed by atoms with Crippen molar-refractivity contribution in [3.8, 4) is 0 Å². The van der Waals surface area contributed by atoms with Crippen LogP contribution in [0.25, 0.3) is 0 Å². The lowest BCUT2D eigenvalue weighted by atomic mass is 10.1. The zero-order valence-corrected chi connectivity index (χ0v) is 9.50. The summed E-state index contributed by atoms with van der Waals surface area (Å²) >= 11 is 0. The minimum atomic E-state index is -0.186. The topological polar surface area (TPSA) is 41.5 Å². The van der Waals surface area contributed by atoms with Crippen molar-refractivity contribution in [3.63, 3.8) is 0 Å². The summed E-state index contributed by atoms with van der Waals surface area (Å²) < 4.78 is 18.4. The van der Waals surface area contributed by atoms with Crippen molar-refractivity contribution in [2.24, 2.45) is 0 Å². The summed E-state index contributed by atoms with van der Waals surface area (Å²) in [6.07, 6.45) is 0. The summed E-state index contributed by atoms with van der Waals surface area (Å²) in [7, 11) is 0. The minimum Gasteiger partial charge on any atom is -0.394 e. The fraction of sp³-hybridized carbons (Fsp3) is 0.500. The van der Waals surface area contributed by atoms with Crippen molar-refractivity contribution in [3.05, 3.63) is 35.1 Å². The van der Waals surface area contributed by atoms with Crippen LogP contribution in [-0.2, 0) is 11.3 Å². The number of rotatable bonds is 7. The molecule has 1 aromatic carbocycles. The van der Waals surface area contributed by atoms with Gasteiger partial charge in [0.15, 0.2) is 0 Å². The number of aliphatic hydroxyl groups is 1. The van der Waals surface area contributed by atoms with Crippen LogP contribution in [0.4, 0.5) is 4.39 Å². The van der Waals surface area contributed by atoms with E-state index in [1.54, 1.807) is 6.07 Å². The minimum absolute atomic E-state index is 0.0342. The molecule has 0 atom stereocenters. The number of benzene rings is 1. The van der Waals surface area contributed by atoms with Crippen LogP contribution in [0.3, 0.4) is 0 Å². The Morgan fingerprint density at radius 1 is 1.38 bits per heavy atom. The molecule has 90 valence electrons. The molecule has 0 unspecified atom stereocenters. The molecule has 0 heterocycles. The summed E-state index contributed by atoms with van der Waals surface area (Å²) in [5.41, 5.74) is 1.72. The van der Waals surface area contributed by atoms with Crippen molar-refractivity contribution in [1.82, 2.24) is 5.32 Å². The molecular formula is C12H18FNO2. The van der Waals surface area contributed by atoms with E-state index >= 15 is 0 Å². The third-order valence-corrected chi connectivity index (χ3v) is 2.18. The van der Waals surface area contributed by atoms with E-state index < -0.39 is 0 Å². The van der Waals surface area contributed by atoms with Gasteiger partial charge in [-0.15, -0.1) is 0 Å². The molecule has 0 aliphatic carbocycles. The van der Waals surface area contributed by atoms with Crippen molar-refractivity contribution >= 4 is 0 Å². The number of aliphatic hydroxyl groups excluding tert-OH is 1. The quantitative estimate of drug-likeness (QED) is 0.688. The Balaban J connectivity index is 2.23. The first-order valence-electron chi connectivity index (χ1n) is 5.38. The van der Waals surface area contributed by atoms with E-state index in [4.69, 9.17) is 9.84 Å². The highest BCUT2D eigenvalue weighted by molar-refractivity contribution is 5.23. The second-order valence-corrected chi connectivity index (χ2v) is 3.61. The van der Waals surface area contributed by atoms with Crippen LogP contribution < -0.4 is 5.32 Å². The van der Waals surface area contributed by atoms with E-state index in [1.165, 1.54) is 6.07 Å². The molecule has 0 aromatic heterocycles. The molecule has 0 radical (unpaired) electrons. The standard InChI is InChI=1S/C12H18FNO2/c1-10-2-3-12(13)11(8-10)9-14-4-6-16-7-5-15/h2-3,8,14-15H,4-7,9H2,1H3. The van der Waals surface area contributed by atoms with Gasteiger partial charge in [-0.2, -0.15) is 0 Å². The predicted molar refractivity (Wildman–Crippen MR) is 60.7 cm³/mol. The number of hydrogen-bond acceptors (Lipinski definition) is 3. The maximum atomic E-state index is 13.3. The van der Waals surface area contributed by atoms with Gasteiger partial charge in [0.25, 0.3) is 0 Å². The van der Waals surface area contributed by atoms with Gasteiger partial charge < -0.3 is 15.2 Å². The Hall–Kier alpha value is -0.970. The number of halogens is 1. The molecule has 0 saturated heterocycles. The maximum Gasteiger partial charge on any atom is 0.127 e. The van der Waals surface area contributed by atoms with Crippen LogP contribution in [0.1, 0.15) is 11.1 Å². The number of nitrogens with one attached hydrogen (secondary N) is 1. The van der Waals surface area contributed by atoms with E-state index in [2.05, 4.69) is 5.32 Å². The second-order valence-electron chi connectivity index (χ2n) is 3.61. The van der Waals surface area contributed by atoms with E-state index in [9.17, 15) is 4.39 Å². The van der Waals surface area contributed by atoms with Crippen molar-refractivity contribution in [2.45, 2.75) is 13.5 Å². The highest BCUT2D eigenvalue weighted by Crippen LogP contribution is 2.09. The lowest BCUT2D eigenvalue weighted by Gasteiger charge is -2.07. The Kier molecular flexibility index (Phi) is 6.00. The second kappa shape index (κ2) is 7.33. The van der Waals surface area contributed by atoms with Gasteiger partial charge in [0.1, 0.15) is 5.82 Å². The van der Waals surface area contributed by atoms with E-state index in [0.29, 0.717) is 31.9 Å². The number of aryl methyl sites for hydroxylation is 1. The van der Waals surface area contributed by atoms with Crippen LogP contribution in [0, 0.1) is 12.7 Å². The van der Waals surface area contributed by atoms with Gasteiger partial charge in [-0.3, -0.25) is 0 Å². The first kappa shape index (κ1) is 13.1.